The summed E-state index contributed by atoms with van der Waals surface area (Å²) in [7, 11) is 0. The number of anilines is 2. The maximum absolute atomic E-state index is 13.6. The summed E-state index contributed by atoms with van der Waals surface area (Å²) in [6.45, 7) is 0.785. The summed E-state index contributed by atoms with van der Waals surface area (Å²) in [6, 6.07) is 19.8. The average Bonchev–Trinajstić information content (AvgIpc) is 2.68. The zero-order valence-electron chi connectivity index (χ0n) is 14.3. The van der Waals surface area contributed by atoms with Crippen molar-refractivity contribution in [3.05, 3.63) is 90.0 Å². The second-order valence-electron chi connectivity index (χ2n) is 5.88. The van der Waals surface area contributed by atoms with E-state index in [4.69, 9.17) is 0 Å². The molecule has 0 saturated carbocycles. The van der Waals surface area contributed by atoms with Crippen molar-refractivity contribution in [1.82, 2.24) is 4.98 Å². The summed E-state index contributed by atoms with van der Waals surface area (Å²) in [4.78, 5) is 16.3. The molecule has 2 aromatic carbocycles. The van der Waals surface area contributed by atoms with Crippen LogP contribution in [0.2, 0.25) is 0 Å². The SMILES string of the molecule is O=C(Nc1ccccc1F)c1cc(NCCCc2ccccc2)ccn1. The molecular formula is C21H20FN3O. The molecule has 0 saturated heterocycles. The molecule has 1 heterocycles. The van der Waals surface area contributed by atoms with Crippen LogP contribution in [0.3, 0.4) is 0 Å². The van der Waals surface area contributed by atoms with Gasteiger partial charge in [0.05, 0.1) is 5.69 Å². The molecule has 1 aromatic heterocycles. The molecule has 0 unspecified atom stereocenters. The fourth-order valence-electron chi connectivity index (χ4n) is 2.58. The molecule has 0 bridgehead atoms. The van der Waals surface area contributed by atoms with Crippen molar-refractivity contribution in [2.45, 2.75) is 12.8 Å². The molecule has 0 atom stereocenters. The van der Waals surface area contributed by atoms with E-state index in [2.05, 4.69) is 27.8 Å². The molecule has 3 aromatic rings. The van der Waals surface area contributed by atoms with E-state index in [1.54, 1.807) is 24.4 Å². The number of rotatable bonds is 7. The predicted molar refractivity (Wildman–Crippen MR) is 102 cm³/mol. The van der Waals surface area contributed by atoms with Crippen LogP contribution in [-0.2, 0) is 6.42 Å². The summed E-state index contributed by atoms with van der Waals surface area (Å²) >= 11 is 0. The highest BCUT2D eigenvalue weighted by Gasteiger charge is 2.10. The third-order valence-electron chi connectivity index (χ3n) is 3.93. The highest BCUT2D eigenvalue weighted by atomic mass is 19.1. The predicted octanol–water partition coefficient (Wildman–Crippen LogP) is 4.52. The molecule has 2 N–H and O–H groups in total. The van der Waals surface area contributed by atoms with E-state index in [1.165, 1.54) is 17.7 Å². The van der Waals surface area contributed by atoms with Gasteiger partial charge in [0.25, 0.3) is 5.91 Å². The normalized spacial score (nSPS) is 10.3. The first-order valence-corrected chi connectivity index (χ1v) is 8.52. The van der Waals surface area contributed by atoms with Crippen LogP contribution >= 0.6 is 0 Å². The van der Waals surface area contributed by atoms with Gasteiger partial charge in [-0.05, 0) is 42.7 Å². The lowest BCUT2D eigenvalue weighted by atomic mass is 10.1. The molecule has 3 rings (SSSR count). The van der Waals surface area contributed by atoms with E-state index in [-0.39, 0.29) is 11.4 Å². The fraction of sp³-hybridized carbons (Fsp3) is 0.143. The Kier molecular flexibility index (Phi) is 5.93. The maximum Gasteiger partial charge on any atom is 0.274 e. The number of hydrogen-bond acceptors (Lipinski definition) is 3. The smallest absolute Gasteiger partial charge is 0.274 e. The zero-order chi connectivity index (χ0) is 18.2. The Morgan fingerprint density at radius 3 is 2.58 bits per heavy atom. The number of aromatic nitrogens is 1. The number of nitrogens with one attached hydrogen (secondary N) is 2. The fourth-order valence-corrected chi connectivity index (χ4v) is 2.58. The number of benzene rings is 2. The van der Waals surface area contributed by atoms with Crippen LogP contribution in [0.1, 0.15) is 22.5 Å². The first-order chi connectivity index (χ1) is 12.7. The third kappa shape index (κ3) is 4.89. The lowest BCUT2D eigenvalue weighted by Gasteiger charge is -2.09. The van der Waals surface area contributed by atoms with Gasteiger partial charge in [0.2, 0.25) is 0 Å². The number of pyridine rings is 1. The number of para-hydroxylation sites is 1. The summed E-state index contributed by atoms with van der Waals surface area (Å²) in [5.41, 5.74) is 2.49. The van der Waals surface area contributed by atoms with Gasteiger partial charge in [0.1, 0.15) is 11.5 Å². The van der Waals surface area contributed by atoms with Crippen molar-refractivity contribution >= 4 is 17.3 Å². The first kappa shape index (κ1) is 17.6. The van der Waals surface area contributed by atoms with Gasteiger partial charge in [-0.3, -0.25) is 9.78 Å². The van der Waals surface area contributed by atoms with Gasteiger partial charge in [0, 0.05) is 18.4 Å². The van der Waals surface area contributed by atoms with Crippen LogP contribution in [0.15, 0.2) is 72.9 Å². The molecule has 0 radical (unpaired) electrons. The minimum Gasteiger partial charge on any atom is -0.385 e. The third-order valence-corrected chi connectivity index (χ3v) is 3.93. The van der Waals surface area contributed by atoms with Crippen LogP contribution in [-0.4, -0.2) is 17.4 Å². The van der Waals surface area contributed by atoms with Crippen LogP contribution < -0.4 is 10.6 Å². The highest BCUT2D eigenvalue weighted by molar-refractivity contribution is 6.03. The van der Waals surface area contributed by atoms with E-state index in [1.807, 2.05) is 24.3 Å². The second kappa shape index (κ2) is 8.76. The topological polar surface area (TPSA) is 54.0 Å². The minimum atomic E-state index is -0.476. The number of halogens is 1. The van der Waals surface area contributed by atoms with Gasteiger partial charge in [-0.15, -0.1) is 0 Å². The van der Waals surface area contributed by atoms with Crippen molar-refractivity contribution in [1.29, 1.82) is 0 Å². The molecule has 1 amide bonds. The van der Waals surface area contributed by atoms with Crippen molar-refractivity contribution in [3.63, 3.8) is 0 Å². The summed E-state index contributed by atoms with van der Waals surface area (Å²) in [6.07, 6.45) is 3.53. The van der Waals surface area contributed by atoms with E-state index in [9.17, 15) is 9.18 Å². The number of aryl methyl sites for hydroxylation is 1. The molecule has 0 aliphatic rings. The lowest BCUT2D eigenvalue weighted by Crippen LogP contribution is -2.15. The number of nitrogens with zero attached hydrogens (tertiary/aromatic N) is 1. The van der Waals surface area contributed by atoms with E-state index in [0.717, 1.165) is 25.1 Å². The number of carbonyl (C=O) groups is 1. The monoisotopic (exact) mass is 349 g/mol. The van der Waals surface area contributed by atoms with Gasteiger partial charge >= 0.3 is 0 Å². The Hall–Kier alpha value is -3.21. The van der Waals surface area contributed by atoms with Crippen molar-refractivity contribution in [2.75, 3.05) is 17.2 Å². The van der Waals surface area contributed by atoms with Gasteiger partial charge in [-0.25, -0.2) is 4.39 Å². The molecule has 0 aliphatic heterocycles. The first-order valence-electron chi connectivity index (χ1n) is 8.52. The number of hydrogen-bond donors (Lipinski definition) is 2. The van der Waals surface area contributed by atoms with Gasteiger partial charge in [-0.1, -0.05) is 42.5 Å². The summed E-state index contributed by atoms with van der Waals surface area (Å²) < 4.78 is 13.6. The second-order valence-corrected chi connectivity index (χ2v) is 5.88. The van der Waals surface area contributed by atoms with Crippen LogP contribution in [0.5, 0.6) is 0 Å². The van der Waals surface area contributed by atoms with Crippen molar-refractivity contribution in [2.24, 2.45) is 0 Å². The van der Waals surface area contributed by atoms with E-state index in [0.29, 0.717) is 0 Å². The quantitative estimate of drug-likeness (QED) is 0.617. The van der Waals surface area contributed by atoms with Crippen molar-refractivity contribution < 1.29 is 9.18 Å². The molecule has 4 nitrogen and oxygen atoms in total. The van der Waals surface area contributed by atoms with Crippen molar-refractivity contribution in [3.8, 4) is 0 Å². The number of carbonyl (C=O) groups excluding carboxylic acids is 1. The minimum absolute atomic E-state index is 0.139. The van der Waals surface area contributed by atoms with Crippen LogP contribution in [0, 0.1) is 5.82 Å². The highest BCUT2D eigenvalue weighted by Crippen LogP contribution is 2.15. The zero-order valence-corrected chi connectivity index (χ0v) is 14.3. The number of amides is 1. The lowest BCUT2D eigenvalue weighted by molar-refractivity contribution is 0.102. The van der Waals surface area contributed by atoms with E-state index < -0.39 is 11.7 Å². The maximum atomic E-state index is 13.6. The molecule has 132 valence electrons. The Morgan fingerprint density at radius 1 is 1.00 bits per heavy atom. The Balaban J connectivity index is 1.54. The van der Waals surface area contributed by atoms with Crippen LogP contribution in [0.4, 0.5) is 15.8 Å². The standard InChI is InChI=1S/C21H20FN3O/c22-18-10-4-5-11-19(18)25-21(26)20-15-17(12-14-24-20)23-13-6-9-16-7-2-1-3-8-16/h1-5,7-8,10-12,14-15H,6,9,13H2,(H,23,24)(H,25,26). The largest absolute Gasteiger partial charge is 0.385 e. The molecule has 0 aliphatic carbocycles. The Morgan fingerprint density at radius 2 is 1.77 bits per heavy atom. The molecular weight excluding hydrogens is 329 g/mol. The van der Waals surface area contributed by atoms with Crippen LogP contribution in [0.25, 0.3) is 0 Å². The van der Waals surface area contributed by atoms with Gasteiger partial charge < -0.3 is 10.6 Å². The molecule has 5 heteroatoms. The summed E-state index contributed by atoms with van der Waals surface area (Å²) in [5.74, 6) is -0.918. The average molecular weight is 349 g/mol. The van der Waals surface area contributed by atoms with Gasteiger partial charge in [-0.2, -0.15) is 0 Å². The molecule has 0 spiro atoms. The Bertz CT molecular complexity index is 868. The Labute approximate surface area is 152 Å². The molecule has 26 heavy (non-hydrogen) atoms. The molecule has 0 fully saturated rings. The summed E-state index contributed by atoms with van der Waals surface area (Å²) in [5, 5.41) is 5.83. The van der Waals surface area contributed by atoms with Gasteiger partial charge in [0.15, 0.2) is 0 Å². The van der Waals surface area contributed by atoms with E-state index >= 15 is 0 Å².